The fourth-order valence-electron chi connectivity index (χ4n) is 1.98. The molecule has 3 N–H and O–H groups in total. The molecule has 0 radical (unpaired) electrons. The molecule has 0 aliphatic rings. The Hall–Kier alpha value is -1.72. The number of likely N-dealkylation sites (N-methyl/N-ethyl adjacent to an activating group) is 1. The van der Waals surface area contributed by atoms with Gasteiger partial charge >= 0.3 is 0 Å². The van der Waals surface area contributed by atoms with Gasteiger partial charge in [-0.1, -0.05) is 39.0 Å². The molecule has 0 aliphatic heterocycles. The Kier molecular flexibility index (Phi) is 6.52. The first kappa shape index (κ1) is 17.3. The summed E-state index contributed by atoms with van der Waals surface area (Å²) in [4.78, 5) is 25.8. The van der Waals surface area contributed by atoms with E-state index in [1.165, 1.54) is 0 Å². The molecule has 1 aromatic rings. The van der Waals surface area contributed by atoms with Crippen LogP contribution in [0.15, 0.2) is 30.3 Å². The van der Waals surface area contributed by atoms with Gasteiger partial charge in [0, 0.05) is 12.1 Å². The molecule has 116 valence electrons. The Labute approximate surface area is 126 Å². The van der Waals surface area contributed by atoms with Crippen molar-refractivity contribution in [2.45, 2.75) is 20.8 Å². The first-order valence-electron chi connectivity index (χ1n) is 7.19. The van der Waals surface area contributed by atoms with Crippen molar-refractivity contribution >= 4 is 11.8 Å². The summed E-state index contributed by atoms with van der Waals surface area (Å²) in [6.07, 6.45) is 0. The van der Waals surface area contributed by atoms with Crippen LogP contribution in [-0.2, 0) is 4.79 Å². The van der Waals surface area contributed by atoms with Crippen LogP contribution in [0.4, 0.5) is 0 Å². The highest BCUT2D eigenvalue weighted by Crippen LogP contribution is 2.14. The number of carbonyl (C=O) groups excluding carboxylic acids is 2. The van der Waals surface area contributed by atoms with Gasteiger partial charge in [-0.3, -0.25) is 19.8 Å². The highest BCUT2D eigenvalue weighted by Gasteiger charge is 2.21. The fourth-order valence-corrected chi connectivity index (χ4v) is 1.98. The Bertz CT molecular complexity index is 472. The lowest BCUT2D eigenvalue weighted by Crippen LogP contribution is -2.45. The highest BCUT2D eigenvalue weighted by atomic mass is 16.2. The molecule has 0 unspecified atom stereocenters. The predicted molar refractivity (Wildman–Crippen MR) is 83.9 cm³/mol. The number of nitrogens with two attached hydrogens (primary N) is 1. The molecule has 0 fully saturated rings. The van der Waals surface area contributed by atoms with Gasteiger partial charge in [-0.25, -0.2) is 0 Å². The van der Waals surface area contributed by atoms with Crippen LogP contribution in [0.1, 0.15) is 31.1 Å². The lowest BCUT2D eigenvalue weighted by atomic mass is 9.93. The van der Waals surface area contributed by atoms with E-state index in [1.807, 2.05) is 17.9 Å². The molecule has 5 nitrogen and oxygen atoms in total. The molecule has 21 heavy (non-hydrogen) atoms. The van der Waals surface area contributed by atoms with Gasteiger partial charge in [0.1, 0.15) is 0 Å². The first-order valence-corrected chi connectivity index (χ1v) is 7.19. The van der Waals surface area contributed by atoms with Gasteiger partial charge in [0.2, 0.25) is 5.91 Å². The van der Waals surface area contributed by atoms with Crippen molar-refractivity contribution in [2.24, 2.45) is 11.1 Å². The second-order valence-electron chi connectivity index (χ2n) is 5.91. The molecule has 0 atom stereocenters. The Morgan fingerprint density at radius 2 is 1.86 bits per heavy atom. The minimum atomic E-state index is -0.366. The molecule has 0 aromatic heterocycles. The third kappa shape index (κ3) is 6.06. The molecule has 1 rings (SSSR count). The van der Waals surface area contributed by atoms with E-state index < -0.39 is 0 Å². The van der Waals surface area contributed by atoms with E-state index in [0.29, 0.717) is 18.7 Å². The summed E-state index contributed by atoms with van der Waals surface area (Å²) in [6.45, 7) is 8.29. The van der Waals surface area contributed by atoms with E-state index >= 15 is 0 Å². The van der Waals surface area contributed by atoms with Gasteiger partial charge in [0.05, 0.1) is 6.54 Å². The zero-order valence-electron chi connectivity index (χ0n) is 13.1. The maximum absolute atomic E-state index is 12.0. The number of nitrogens with zero attached hydrogens (tertiary/aromatic N) is 1. The molecule has 0 saturated heterocycles. The minimum Gasteiger partial charge on any atom is -0.330 e. The van der Waals surface area contributed by atoms with Crippen LogP contribution < -0.4 is 11.1 Å². The first-order chi connectivity index (χ1) is 9.88. The summed E-state index contributed by atoms with van der Waals surface area (Å²) in [5, 5.41) is 2.41. The average Bonchev–Trinajstić information content (AvgIpc) is 2.47. The second kappa shape index (κ2) is 7.90. The zero-order chi connectivity index (χ0) is 15.9. The van der Waals surface area contributed by atoms with Crippen molar-refractivity contribution in [3.05, 3.63) is 35.9 Å². The van der Waals surface area contributed by atoms with Gasteiger partial charge in [0.25, 0.3) is 5.91 Å². The summed E-state index contributed by atoms with van der Waals surface area (Å²) in [7, 11) is 0. The second-order valence-corrected chi connectivity index (χ2v) is 5.91. The van der Waals surface area contributed by atoms with Crippen LogP contribution in [0, 0.1) is 5.41 Å². The fraction of sp³-hybridized carbons (Fsp3) is 0.500. The number of carbonyl (C=O) groups is 2. The van der Waals surface area contributed by atoms with Crippen molar-refractivity contribution in [2.75, 3.05) is 26.2 Å². The van der Waals surface area contributed by atoms with E-state index in [4.69, 9.17) is 5.73 Å². The Morgan fingerprint density at radius 3 is 2.38 bits per heavy atom. The van der Waals surface area contributed by atoms with Gasteiger partial charge < -0.3 is 5.73 Å². The van der Waals surface area contributed by atoms with E-state index in [2.05, 4.69) is 19.2 Å². The van der Waals surface area contributed by atoms with Crippen molar-refractivity contribution in [1.82, 2.24) is 10.2 Å². The number of hydrogen-bond acceptors (Lipinski definition) is 4. The van der Waals surface area contributed by atoms with Crippen molar-refractivity contribution in [3.63, 3.8) is 0 Å². The van der Waals surface area contributed by atoms with Crippen LogP contribution in [-0.4, -0.2) is 42.9 Å². The molecule has 1 aromatic carbocycles. The lowest BCUT2D eigenvalue weighted by Gasteiger charge is -2.30. The van der Waals surface area contributed by atoms with Crippen LogP contribution in [0.5, 0.6) is 0 Å². The molecule has 0 saturated carbocycles. The summed E-state index contributed by atoms with van der Waals surface area (Å²) in [5.74, 6) is -0.659. The third-order valence-corrected chi connectivity index (χ3v) is 3.31. The molecule has 0 heterocycles. The maximum atomic E-state index is 12.0. The monoisotopic (exact) mass is 291 g/mol. The summed E-state index contributed by atoms with van der Waals surface area (Å²) in [6, 6.07) is 8.71. The third-order valence-electron chi connectivity index (χ3n) is 3.31. The number of amides is 2. The van der Waals surface area contributed by atoms with E-state index in [0.717, 1.165) is 6.54 Å². The lowest BCUT2D eigenvalue weighted by molar-refractivity contribution is -0.121. The standard InChI is InChI=1S/C16H25N3O2/c1-4-19(12-16(2,3)11-17)10-14(20)18-15(21)13-8-6-5-7-9-13/h5-9H,4,10-12,17H2,1-3H3,(H,18,20,21). The van der Waals surface area contributed by atoms with E-state index in [9.17, 15) is 9.59 Å². The quantitative estimate of drug-likeness (QED) is 0.793. The normalized spacial score (nSPS) is 11.5. The number of nitrogens with one attached hydrogen (secondary N) is 1. The molecule has 0 aliphatic carbocycles. The number of imide groups is 1. The predicted octanol–water partition coefficient (Wildman–Crippen LogP) is 1.25. The molecule has 0 bridgehead atoms. The van der Waals surface area contributed by atoms with Crippen LogP contribution >= 0.6 is 0 Å². The largest absolute Gasteiger partial charge is 0.330 e. The number of hydrogen-bond donors (Lipinski definition) is 2. The topological polar surface area (TPSA) is 75.4 Å². The molecular weight excluding hydrogens is 266 g/mol. The van der Waals surface area contributed by atoms with Gasteiger partial charge in [-0.2, -0.15) is 0 Å². The van der Waals surface area contributed by atoms with Crippen LogP contribution in [0.25, 0.3) is 0 Å². The minimum absolute atomic E-state index is 0.0558. The molecule has 0 spiro atoms. The van der Waals surface area contributed by atoms with Crippen LogP contribution in [0.2, 0.25) is 0 Å². The Balaban J connectivity index is 2.54. The SMILES string of the molecule is CCN(CC(=O)NC(=O)c1ccccc1)CC(C)(C)CN. The Morgan fingerprint density at radius 1 is 1.24 bits per heavy atom. The van der Waals surface area contributed by atoms with Crippen LogP contribution in [0.3, 0.4) is 0 Å². The summed E-state index contributed by atoms with van der Waals surface area (Å²) >= 11 is 0. The number of rotatable bonds is 7. The highest BCUT2D eigenvalue weighted by molar-refractivity contribution is 6.05. The average molecular weight is 291 g/mol. The molecule has 2 amide bonds. The van der Waals surface area contributed by atoms with Crippen molar-refractivity contribution in [3.8, 4) is 0 Å². The number of benzene rings is 1. The molecular formula is C16H25N3O2. The van der Waals surface area contributed by atoms with Crippen molar-refractivity contribution < 1.29 is 9.59 Å². The summed E-state index contributed by atoms with van der Waals surface area (Å²) in [5.41, 5.74) is 6.14. The van der Waals surface area contributed by atoms with E-state index in [1.54, 1.807) is 24.3 Å². The maximum Gasteiger partial charge on any atom is 0.257 e. The van der Waals surface area contributed by atoms with Gasteiger partial charge in [-0.15, -0.1) is 0 Å². The van der Waals surface area contributed by atoms with Gasteiger partial charge in [0.15, 0.2) is 0 Å². The smallest absolute Gasteiger partial charge is 0.257 e. The summed E-state index contributed by atoms with van der Waals surface area (Å²) < 4.78 is 0. The zero-order valence-corrected chi connectivity index (χ0v) is 13.1. The van der Waals surface area contributed by atoms with Crippen molar-refractivity contribution in [1.29, 1.82) is 0 Å². The van der Waals surface area contributed by atoms with E-state index in [-0.39, 0.29) is 23.8 Å². The van der Waals surface area contributed by atoms with Gasteiger partial charge in [-0.05, 0) is 30.6 Å². The molecule has 5 heteroatoms.